The number of rotatable bonds is 3. The SMILES string of the molecule is CC(C)(C)NCc1cnnn1-c1cccnc1. The summed E-state index contributed by atoms with van der Waals surface area (Å²) in [6.45, 7) is 7.12. The molecule has 0 spiro atoms. The van der Waals surface area contributed by atoms with Gasteiger partial charge in [0.15, 0.2) is 0 Å². The number of hydrogen-bond donors (Lipinski definition) is 1. The van der Waals surface area contributed by atoms with E-state index in [0.29, 0.717) is 0 Å². The van der Waals surface area contributed by atoms with Gasteiger partial charge in [0, 0.05) is 18.3 Å². The molecule has 5 heteroatoms. The first-order chi connectivity index (χ1) is 8.06. The molecule has 2 heterocycles. The van der Waals surface area contributed by atoms with Gasteiger partial charge in [-0.3, -0.25) is 4.98 Å². The van der Waals surface area contributed by atoms with Gasteiger partial charge in [-0.2, -0.15) is 0 Å². The van der Waals surface area contributed by atoms with Crippen LogP contribution in [0.3, 0.4) is 0 Å². The molecule has 0 atom stereocenters. The normalized spacial score (nSPS) is 11.7. The fraction of sp³-hybridized carbons (Fsp3) is 0.417. The summed E-state index contributed by atoms with van der Waals surface area (Å²) in [5, 5.41) is 11.4. The summed E-state index contributed by atoms with van der Waals surface area (Å²) in [6.07, 6.45) is 5.29. The zero-order chi connectivity index (χ0) is 12.3. The second kappa shape index (κ2) is 4.63. The van der Waals surface area contributed by atoms with Crippen LogP contribution in [0.5, 0.6) is 0 Å². The first-order valence-electron chi connectivity index (χ1n) is 5.61. The molecule has 5 nitrogen and oxygen atoms in total. The molecule has 17 heavy (non-hydrogen) atoms. The van der Waals surface area contributed by atoms with Gasteiger partial charge in [-0.25, -0.2) is 4.68 Å². The topological polar surface area (TPSA) is 55.6 Å². The third-order valence-corrected chi connectivity index (χ3v) is 2.31. The van der Waals surface area contributed by atoms with Gasteiger partial charge in [0.25, 0.3) is 0 Å². The lowest BCUT2D eigenvalue weighted by Crippen LogP contribution is -2.35. The molecule has 2 aromatic rings. The molecule has 2 rings (SSSR count). The molecule has 0 saturated heterocycles. The van der Waals surface area contributed by atoms with E-state index < -0.39 is 0 Å². The van der Waals surface area contributed by atoms with Crippen LogP contribution < -0.4 is 5.32 Å². The van der Waals surface area contributed by atoms with Gasteiger partial charge in [0.1, 0.15) is 0 Å². The van der Waals surface area contributed by atoms with Crippen molar-refractivity contribution in [2.45, 2.75) is 32.9 Å². The Morgan fingerprint density at radius 3 is 2.76 bits per heavy atom. The highest BCUT2D eigenvalue weighted by Crippen LogP contribution is 2.08. The number of pyridine rings is 1. The van der Waals surface area contributed by atoms with Gasteiger partial charge in [0.05, 0.1) is 23.8 Å². The van der Waals surface area contributed by atoms with Crippen LogP contribution in [0.1, 0.15) is 26.5 Å². The Morgan fingerprint density at radius 1 is 1.29 bits per heavy atom. The molecule has 0 bridgehead atoms. The molecule has 0 fully saturated rings. The summed E-state index contributed by atoms with van der Waals surface area (Å²) < 4.78 is 1.80. The first kappa shape index (κ1) is 11.7. The molecule has 0 unspecified atom stereocenters. The van der Waals surface area contributed by atoms with E-state index in [4.69, 9.17) is 0 Å². The van der Waals surface area contributed by atoms with Crippen molar-refractivity contribution >= 4 is 0 Å². The third kappa shape index (κ3) is 3.10. The van der Waals surface area contributed by atoms with Crippen LogP contribution in [-0.4, -0.2) is 25.5 Å². The Labute approximate surface area is 101 Å². The standard InChI is InChI=1S/C12H17N5/c1-12(2,3)14-8-11-9-15-16-17(11)10-5-4-6-13-7-10/h4-7,9,14H,8H2,1-3H3. The van der Waals surface area contributed by atoms with E-state index >= 15 is 0 Å². The van der Waals surface area contributed by atoms with E-state index in [1.807, 2.05) is 12.1 Å². The fourth-order valence-corrected chi connectivity index (χ4v) is 1.43. The van der Waals surface area contributed by atoms with Crippen LogP contribution in [0.2, 0.25) is 0 Å². The lowest BCUT2D eigenvalue weighted by atomic mass is 10.1. The molecule has 0 aliphatic rings. The van der Waals surface area contributed by atoms with Gasteiger partial charge >= 0.3 is 0 Å². The molecule has 0 radical (unpaired) electrons. The van der Waals surface area contributed by atoms with Gasteiger partial charge in [-0.1, -0.05) is 5.21 Å². The zero-order valence-electron chi connectivity index (χ0n) is 10.4. The summed E-state index contributed by atoms with van der Waals surface area (Å²) in [5.74, 6) is 0. The highest BCUT2D eigenvalue weighted by atomic mass is 15.4. The maximum absolute atomic E-state index is 4.08. The second-order valence-corrected chi connectivity index (χ2v) is 4.95. The molecule has 0 amide bonds. The molecule has 0 aromatic carbocycles. The smallest absolute Gasteiger partial charge is 0.0850 e. The lowest BCUT2D eigenvalue weighted by Gasteiger charge is -2.20. The highest BCUT2D eigenvalue weighted by Gasteiger charge is 2.11. The maximum Gasteiger partial charge on any atom is 0.0850 e. The Balaban J connectivity index is 2.18. The van der Waals surface area contributed by atoms with Crippen molar-refractivity contribution in [2.75, 3.05) is 0 Å². The average molecular weight is 231 g/mol. The maximum atomic E-state index is 4.08. The third-order valence-electron chi connectivity index (χ3n) is 2.31. The minimum absolute atomic E-state index is 0.0735. The van der Waals surface area contributed by atoms with Crippen LogP contribution in [-0.2, 0) is 6.54 Å². The summed E-state index contributed by atoms with van der Waals surface area (Å²) in [4.78, 5) is 4.08. The Morgan fingerprint density at radius 2 is 2.12 bits per heavy atom. The average Bonchev–Trinajstić information content (AvgIpc) is 2.75. The van der Waals surface area contributed by atoms with E-state index in [0.717, 1.165) is 17.9 Å². The van der Waals surface area contributed by atoms with Gasteiger partial charge in [-0.15, -0.1) is 5.10 Å². The summed E-state index contributed by atoms with van der Waals surface area (Å²) >= 11 is 0. The summed E-state index contributed by atoms with van der Waals surface area (Å²) in [6, 6.07) is 3.85. The van der Waals surface area contributed by atoms with E-state index in [1.165, 1.54) is 0 Å². The van der Waals surface area contributed by atoms with Crippen molar-refractivity contribution in [1.29, 1.82) is 0 Å². The van der Waals surface area contributed by atoms with Crippen molar-refractivity contribution in [3.05, 3.63) is 36.4 Å². The van der Waals surface area contributed by atoms with E-state index in [-0.39, 0.29) is 5.54 Å². The van der Waals surface area contributed by atoms with Crippen LogP contribution >= 0.6 is 0 Å². The van der Waals surface area contributed by atoms with Gasteiger partial charge in [-0.05, 0) is 32.9 Å². The second-order valence-electron chi connectivity index (χ2n) is 4.95. The predicted octanol–water partition coefficient (Wildman–Crippen LogP) is 1.55. The van der Waals surface area contributed by atoms with Crippen molar-refractivity contribution in [2.24, 2.45) is 0 Å². The van der Waals surface area contributed by atoms with Gasteiger partial charge in [0.2, 0.25) is 0 Å². The monoisotopic (exact) mass is 231 g/mol. The highest BCUT2D eigenvalue weighted by molar-refractivity contribution is 5.27. The molecular weight excluding hydrogens is 214 g/mol. The quantitative estimate of drug-likeness (QED) is 0.870. The van der Waals surface area contributed by atoms with E-state index in [1.54, 1.807) is 23.3 Å². The van der Waals surface area contributed by atoms with Gasteiger partial charge < -0.3 is 5.32 Å². The fourth-order valence-electron chi connectivity index (χ4n) is 1.43. The number of aromatic nitrogens is 4. The van der Waals surface area contributed by atoms with Crippen molar-refractivity contribution in [3.8, 4) is 5.69 Å². The van der Waals surface area contributed by atoms with Crippen LogP contribution in [0.15, 0.2) is 30.7 Å². The minimum atomic E-state index is 0.0735. The van der Waals surface area contributed by atoms with Crippen molar-refractivity contribution in [3.63, 3.8) is 0 Å². The molecule has 2 aromatic heterocycles. The Bertz CT molecular complexity index is 469. The molecule has 0 aliphatic carbocycles. The summed E-state index contributed by atoms with van der Waals surface area (Å²) in [7, 11) is 0. The van der Waals surface area contributed by atoms with Crippen molar-refractivity contribution < 1.29 is 0 Å². The largest absolute Gasteiger partial charge is 0.306 e. The minimum Gasteiger partial charge on any atom is -0.306 e. The Hall–Kier alpha value is -1.75. The number of nitrogens with zero attached hydrogens (tertiary/aromatic N) is 4. The van der Waals surface area contributed by atoms with Crippen LogP contribution in [0.4, 0.5) is 0 Å². The molecular formula is C12H17N5. The molecule has 90 valence electrons. The van der Waals surface area contributed by atoms with E-state index in [9.17, 15) is 0 Å². The van der Waals surface area contributed by atoms with Crippen molar-refractivity contribution in [1.82, 2.24) is 25.3 Å². The van der Waals surface area contributed by atoms with Crippen LogP contribution in [0.25, 0.3) is 5.69 Å². The van der Waals surface area contributed by atoms with Crippen LogP contribution in [0, 0.1) is 0 Å². The number of nitrogens with one attached hydrogen (secondary N) is 1. The van der Waals surface area contributed by atoms with E-state index in [2.05, 4.69) is 41.4 Å². The lowest BCUT2D eigenvalue weighted by molar-refractivity contribution is 0.418. The molecule has 0 saturated carbocycles. The first-order valence-corrected chi connectivity index (χ1v) is 5.61. The molecule has 0 aliphatic heterocycles. The summed E-state index contributed by atoms with van der Waals surface area (Å²) in [5.41, 5.74) is 2.02. The molecule has 1 N–H and O–H groups in total. The predicted molar refractivity (Wildman–Crippen MR) is 65.7 cm³/mol. The Kier molecular flexibility index (Phi) is 3.19. The number of hydrogen-bond acceptors (Lipinski definition) is 4. The zero-order valence-corrected chi connectivity index (χ0v) is 10.4.